The van der Waals surface area contributed by atoms with E-state index in [4.69, 9.17) is 17.3 Å². The number of carbonyl (C=O) groups is 1. The van der Waals surface area contributed by atoms with Crippen molar-refractivity contribution in [3.8, 4) is 0 Å². The lowest BCUT2D eigenvalue weighted by molar-refractivity contribution is -0.120. The number of rotatable bonds is 5. The predicted octanol–water partition coefficient (Wildman–Crippen LogP) is 2.82. The minimum absolute atomic E-state index is 0.0800. The van der Waals surface area contributed by atoms with Gasteiger partial charge >= 0.3 is 0 Å². The molecule has 116 valence electrons. The van der Waals surface area contributed by atoms with Gasteiger partial charge in [0.15, 0.2) is 5.16 Å². The van der Waals surface area contributed by atoms with Gasteiger partial charge in [-0.3, -0.25) is 4.79 Å². The number of nitrogens with zero attached hydrogens (tertiary/aromatic N) is 2. The van der Waals surface area contributed by atoms with Gasteiger partial charge in [0, 0.05) is 23.3 Å². The highest BCUT2D eigenvalue weighted by molar-refractivity contribution is 8.00. The summed E-state index contributed by atoms with van der Waals surface area (Å²) in [5, 5.41) is 3.75. The van der Waals surface area contributed by atoms with E-state index in [0.717, 1.165) is 11.3 Å². The minimum Gasteiger partial charge on any atom is -0.384 e. The van der Waals surface area contributed by atoms with Crippen molar-refractivity contribution < 1.29 is 4.79 Å². The maximum Gasteiger partial charge on any atom is 0.233 e. The van der Waals surface area contributed by atoms with Gasteiger partial charge in [-0.05, 0) is 31.5 Å². The van der Waals surface area contributed by atoms with Gasteiger partial charge in [0.25, 0.3) is 0 Å². The summed E-state index contributed by atoms with van der Waals surface area (Å²) in [5.41, 5.74) is 7.46. The second-order valence-corrected chi connectivity index (χ2v) is 6.57. The summed E-state index contributed by atoms with van der Waals surface area (Å²) in [6, 6.07) is 9.04. The Morgan fingerprint density at radius 1 is 1.36 bits per heavy atom. The van der Waals surface area contributed by atoms with Crippen LogP contribution >= 0.6 is 23.4 Å². The molecule has 22 heavy (non-hydrogen) atoms. The number of nitrogens with one attached hydrogen (secondary N) is 1. The van der Waals surface area contributed by atoms with Gasteiger partial charge in [0.2, 0.25) is 5.91 Å². The van der Waals surface area contributed by atoms with Crippen molar-refractivity contribution in [2.45, 2.75) is 30.8 Å². The van der Waals surface area contributed by atoms with E-state index in [-0.39, 0.29) is 11.2 Å². The Labute approximate surface area is 138 Å². The average Bonchev–Trinajstić information content (AvgIpc) is 2.45. The molecule has 2 rings (SSSR count). The van der Waals surface area contributed by atoms with Crippen LogP contribution < -0.4 is 11.1 Å². The molecule has 1 heterocycles. The molecule has 2 aromatic rings. The summed E-state index contributed by atoms with van der Waals surface area (Å²) in [4.78, 5) is 20.5. The first-order valence-electron chi connectivity index (χ1n) is 6.74. The fraction of sp³-hybridized carbons (Fsp3) is 0.267. The Balaban J connectivity index is 1.90. The lowest BCUT2D eigenvalue weighted by Gasteiger charge is -2.11. The number of carbonyl (C=O) groups excluding carboxylic acids is 1. The highest BCUT2D eigenvalue weighted by Gasteiger charge is 2.16. The van der Waals surface area contributed by atoms with E-state index < -0.39 is 0 Å². The van der Waals surface area contributed by atoms with Gasteiger partial charge in [-0.1, -0.05) is 35.5 Å². The minimum atomic E-state index is -0.312. The third-order valence-corrected chi connectivity index (χ3v) is 4.10. The van der Waals surface area contributed by atoms with Crippen LogP contribution in [0.4, 0.5) is 5.82 Å². The topological polar surface area (TPSA) is 80.9 Å². The first-order chi connectivity index (χ1) is 10.4. The second-order valence-electron chi connectivity index (χ2n) is 4.82. The highest BCUT2D eigenvalue weighted by Crippen LogP contribution is 2.21. The maximum atomic E-state index is 12.1. The molecule has 5 nitrogen and oxygen atoms in total. The second kappa shape index (κ2) is 7.47. The molecule has 0 bridgehead atoms. The van der Waals surface area contributed by atoms with Gasteiger partial charge in [-0.25, -0.2) is 9.97 Å². The smallest absolute Gasteiger partial charge is 0.233 e. The summed E-state index contributed by atoms with van der Waals surface area (Å²) < 4.78 is 0. The van der Waals surface area contributed by atoms with Crippen molar-refractivity contribution in [1.29, 1.82) is 0 Å². The third-order valence-electron chi connectivity index (χ3n) is 2.88. The van der Waals surface area contributed by atoms with E-state index in [1.807, 2.05) is 26.0 Å². The van der Waals surface area contributed by atoms with Crippen molar-refractivity contribution in [2.24, 2.45) is 0 Å². The summed E-state index contributed by atoms with van der Waals surface area (Å²) in [6.07, 6.45) is 0. The Morgan fingerprint density at radius 3 is 2.68 bits per heavy atom. The Hall–Kier alpha value is -1.79. The molecule has 1 amide bonds. The van der Waals surface area contributed by atoms with Crippen LogP contribution in [0.1, 0.15) is 18.2 Å². The van der Waals surface area contributed by atoms with Gasteiger partial charge < -0.3 is 11.1 Å². The molecular formula is C15H17ClN4OS. The molecule has 0 spiro atoms. The number of amides is 1. The van der Waals surface area contributed by atoms with E-state index in [0.29, 0.717) is 22.5 Å². The molecule has 0 fully saturated rings. The molecule has 0 saturated heterocycles. The van der Waals surface area contributed by atoms with Crippen LogP contribution in [0.25, 0.3) is 0 Å². The predicted molar refractivity (Wildman–Crippen MR) is 89.8 cm³/mol. The van der Waals surface area contributed by atoms with Crippen molar-refractivity contribution in [2.75, 3.05) is 5.73 Å². The summed E-state index contributed by atoms with van der Waals surface area (Å²) in [7, 11) is 0. The van der Waals surface area contributed by atoms with Gasteiger partial charge in [0.05, 0.1) is 5.25 Å². The van der Waals surface area contributed by atoms with E-state index in [2.05, 4.69) is 15.3 Å². The fourth-order valence-electron chi connectivity index (χ4n) is 1.76. The SMILES string of the molecule is Cc1cc(N)nc(S[C@H](C)C(=O)NCc2ccc(Cl)cc2)n1. The normalized spacial score (nSPS) is 12.0. The van der Waals surface area contributed by atoms with Gasteiger partial charge in [0.1, 0.15) is 5.82 Å². The number of aryl methyl sites for hydroxylation is 1. The van der Waals surface area contributed by atoms with Crippen LogP contribution in [0.15, 0.2) is 35.5 Å². The van der Waals surface area contributed by atoms with Crippen molar-refractivity contribution in [3.05, 3.63) is 46.6 Å². The van der Waals surface area contributed by atoms with Crippen LogP contribution in [0, 0.1) is 6.92 Å². The lowest BCUT2D eigenvalue weighted by Crippen LogP contribution is -2.30. The first kappa shape index (κ1) is 16.6. The van der Waals surface area contributed by atoms with Crippen LogP contribution in [0.5, 0.6) is 0 Å². The summed E-state index contributed by atoms with van der Waals surface area (Å²) in [6.45, 7) is 4.11. The number of halogens is 1. The summed E-state index contributed by atoms with van der Waals surface area (Å²) in [5.74, 6) is 0.326. The molecule has 0 aliphatic rings. The monoisotopic (exact) mass is 336 g/mol. The molecule has 1 atom stereocenters. The maximum absolute atomic E-state index is 12.1. The average molecular weight is 337 g/mol. The van der Waals surface area contributed by atoms with E-state index in [1.165, 1.54) is 11.8 Å². The standard InChI is InChI=1S/C15H17ClN4OS/c1-9-7-13(17)20-15(19-9)22-10(2)14(21)18-8-11-3-5-12(16)6-4-11/h3-7,10H,8H2,1-2H3,(H,18,21)(H2,17,19,20)/t10-/m1/s1. The van der Waals surface area contributed by atoms with Crippen molar-refractivity contribution in [3.63, 3.8) is 0 Å². The number of nitrogens with two attached hydrogens (primary N) is 1. The van der Waals surface area contributed by atoms with E-state index in [9.17, 15) is 4.79 Å². The van der Waals surface area contributed by atoms with Gasteiger partial charge in [-0.2, -0.15) is 0 Å². The fourth-order valence-corrected chi connectivity index (χ4v) is 2.75. The molecule has 1 aromatic heterocycles. The third kappa shape index (κ3) is 4.89. The van der Waals surface area contributed by atoms with Crippen LogP contribution in [-0.2, 0) is 11.3 Å². The van der Waals surface area contributed by atoms with Crippen molar-refractivity contribution in [1.82, 2.24) is 15.3 Å². The molecule has 7 heteroatoms. The number of hydrogen-bond donors (Lipinski definition) is 2. The molecule has 0 radical (unpaired) electrons. The van der Waals surface area contributed by atoms with Crippen LogP contribution in [-0.4, -0.2) is 21.1 Å². The van der Waals surface area contributed by atoms with Crippen LogP contribution in [0.2, 0.25) is 5.02 Å². The number of aromatic nitrogens is 2. The van der Waals surface area contributed by atoms with E-state index in [1.54, 1.807) is 18.2 Å². The van der Waals surface area contributed by atoms with Crippen LogP contribution in [0.3, 0.4) is 0 Å². The first-order valence-corrected chi connectivity index (χ1v) is 8.00. The number of hydrogen-bond acceptors (Lipinski definition) is 5. The number of anilines is 1. The Morgan fingerprint density at radius 2 is 2.05 bits per heavy atom. The zero-order valence-electron chi connectivity index (χ0n) is 12.3. The van der Waals surface area contributed by atoms with Gasteiger partial charge in [-0.15, -0.1) is 0 Å². The molecule has 0 aliphatic heterocycles. The zero-order valence-corrected chi connectivity index (χ0v) is 13.9. The lowest BCUT2D eigenvalue weighted by atomic mass is 10.2. The highest BCUT2D eigenvalue weighted by atomic mass is 35.5. The number of thioether (sulfide) groups is 1. The molecule has 3 N–H and O–H groups in total. The zero-order chi connectivity index (χ0) is 16.1. The summed E-state index contributed by atoms with van der Waals surface area (Å²) >= 11 is 7.11. The number of benzene rings is 1. The Bertz CT molecular complexity index is 643. The quantitative estimate of drug-likeness (QED) is 0.648. The van der Waals surface area contributed by atoms with Crippen molar-refractivity contribution >= 4 is 35.1 Å². The molecule has 1 aromatic carbocycles. The largest absolute Gasteiger partial charge is 0.384 e. The Kier molecular flexibility index (Phi) is 5.63. The molecule has 0 saturated carbocycles. The molecular weight excluding hydrogens is 320 g/mol. The molecule has 0 aliphatic carbocycles. The molecule has 0 unspecified atom stereocenters. The van der Waals surface area contributed by atoms with E-state index >= 15 is 0 Å². The number of nitrogen functional groups attached to an aromatic ring is 1.